The van der Waals surface area contributed by atoms with Crippen LogP contribution in [0.2, 0.25) is 0 Å². The fourth-order valence-electron chi connectivity index (χ4n) is 2.83. The summed E-state index contributed by atoms with van der Waals surface area (Å²) in [4.78, 5) is 35.1. The Bertz CT molecular complexity index is 600. The van der Waals surface area contributed by atoms with Gasteiger partial charge in [-0.1, -0.05) is 30.3 Å². The van der Waals surface area contributed by atoms with Crippen LogP contribution in [0.3, 0.4) is 0 Å². The first kappa shape index (κ1) is 19.7. The molecule has 142 valence electrons. The van der Waals surface area contributed by atoms with Crippen molar-refractivity contribution in [3.05, 3.63) is 35.9 Å². The molecule has 0 heterocycles. The summed E-state index contributed by atoms with van der Waals surface area (Å²) in [6.45, 7) is 0.119. The van der Waals surface area contributed by atoms with Gasteiger partial charge in [0.05, 0.1) is 0 Å². The van der Waals surface area contributed by atoms with E-state index in [1.54, 1.807) is 0 Å². The summed E-state index contributed by atoms with van der Waals surface area (Å²) in [5.74, 6) is -0.812. The predicted octanol–water partition coefficient (Wildman–Crippen LogP) is 1.27. The maximum absolute atomic E-state index is 12.0. The van der Waals surface area contributed by atoms with Gasteiger partial charge < -0.3 is 14.8 Å². The van der Waals surface area contributed by atoms with Crippen LogP contribution in [0.5, 0.6) is 0 Å². The molecule has 0 atom stereocenters. The number of hydrogen-bond acceptors (Lipinski definition) is 5. The Labute approximate surface area is 152 Å². The minimum absolute atomic E-state index is 0.00888. The molecule has 0 unspecified atom stereocenters. The molecular formula is C18H25N3O5. The van der Waals surface area contributed by atoms with Crippen LogP contribution in [0.4, 0.5) is 4.79 Å². The van der Waals surface area contributed by atoms with E-state index in [2.05, 4.69) is 20.9 Å². The molecule has 1 fully saturated rings. The number of nitrogens with one attached hydrogen (secondary N) is 3. The lowest BCUT2D eigenvalue weighted by atomic mass is 9.85. The predicted molar refractivity (Wildman–Crippen MR) is 93.7 cm³/mol. The molecule has 3 N–H and O–H groups in total. The molecule has 8 nitrogen and oxygen atoms in total. The number of hydrazine groups is 1. The Hall–Kier alpha value is -2.61. The Morgan fingerprint density at radius 1 is 1.04 bits per heavy atom. The van der Waals surface area contributed by atoms with Crippen LogP contribution in [0, 0.1) is 5.92 Å². The van der Waals surface area contributed by atoms with E-state index in [4.69, 9.17) is 4.74 Å². The van der Waals surface area contributed by atoms with Gasteiger partial charge in [-0.3, -0.25) is 20.4 Å². The average molecular weight is 363 g/mol. The molecule has 0 spiro atoms. The zero-order chi connectivity index (χ0) is 18.8. The third-order valence-electron chi connectivity index (χ3n) is 4.23. The van der Waals surface area contributed by atoms with Crippen LogP contribution in [0.15, 0.2) is 30.3 Å². The van der Waals surface area contributed by atoms with Crippen molar-refractivity contribution in [2.45, 2.75) is 38.3 Å². The molecule has 2 rings (SSSR count). The Balaban J connectivity index is 1.63. The summed E-state index contributed by atoms with van der Waals surface area (Å²) in [6.07, 6.45) is 2.19. The van der Waals surface area contributed by atoms with Gasteiger partial charge in [0.1, 0.15) is 13.2 Å². The Morgan fingerprint density at radius 2 is 1.73 bits per heavy atom. The van der Waals surface area contributed by atoms with Crippen LogP contribution in [-0.2, 0) is 25.7 Å². The van der Waals surface area contributed by atoms with E-state index in [1.807, 2.05) is 30.3 Å². The molecule has 0 bridgehead atoms. The summed E-state index contributed by atoms with van der Waals surface area (Å²) in [7, 11) is 1.40. The van der Waals surface area contributed by atoms with E-state index >= 15 is 0 Å². The highest BCUT2D eigenvalue weighted by molar-refractivity contribution is 5.83. The maximum Gasteiger partial charge on any atom is 0.407 e. The van der Waals surface area contributed by atoms with E-state index < -0.39 is 12.0 Å². The van der Waals surface area contributed by atoms with Crippen molar-refractivity contribution in [2.75, 3.05) is 13.7 Å². The highest BCUT2D eigenvalue weighted by Crippen LogP contribution is 2.24. The molecular weight excluding hydrogens is 338 g/mol. The number of ether oxygens (including phenoxy) is 2. The van der Waals surface area contributed by atoms with Gasteiger partial charge >= 0.3 is 6.09 Å². The number of methoxy groups -OCH3 is 1. The summed E-state index contributed by atoms with van der Waals surface area (Å²) in [5.41, 5.74) is 5.63. The molecule has 1 aliphatic carbocycles. The van der Waals surface area contributed by atoms with Crippen molar-refractivity contribution in [1.82, 2.24) is 16.2 Å². The van der Waals surface area contributed by atoms with Crippen molar-refractivity contribution in [2.24, 2.45) is 5.92 Å². The van der Waals surface area contributed by atoms with Gasteiger partial charge in [0.25, 0.3) is 5.91 Å². The van der Waals surface area contributed by atoms with Gasteiger partial charge in [0.2, 0.25) is 5.91 Å². The molecule has 1 saturated carbocycles. The van der Waals surface area contributed by atoms with Crippen LogP contribution in [-0.4, -0.2) is 37.7 Å². The molecule has 8 heteroatoms. The van der Waals surface area contributed by atoms with Crippen molar-refractivity contribution in [3.8, 4) is 0 Å². The molecule has 3 amide bonds. The fraction of sp³-hybridized carbons (Fsp3) is 0.500. The zero-order valence-corrected chi connectivity index (χ0v) is 14.8. The number of benzene rings is 1. The maximum atomic E-state index is 12.0. The quantitative estimate of drug-likeness (QED) is 0.660. The summed E-state index contributed by atoms with van der Waals surface area (Å²) in [5, 5.41) is 2.84. The topological polar surface area (TPSA) is 106 Å². The summed E-state index contributed by atoms with van der Waals surface area (Å²) >= 11 is 0. The standard InChI is InChI=1S/C18H25N3O5/c1-25-12-16(22)20-21-17(23)14-7-9-15(10-8-14)19-18(24)26-11-13-5-3-2-4-6-13/h2-6,14-15H,7-12H2,1H3,(H,19,24)(H,20,22)(H,21,23). The van der Waals surface area contributed by atoms with E-state index in [1.165, 1.54) is 7.11 Å². The third kappa shape index (κ3) is 6.72. The first-order valence-corrected chi connectivity index (χ1v) is 8.63. The number of rotatable bonds is 6. The van der Waals surface area contributed by atoms with Crippen molar-refractivity contribution >= 4 is 17.9 Å². The first-order valence-electron chi connectivity index (χ1n) is 8.63. The van der Waals surface area contributed by atoms with Crippen LogP contribution in [0.25, 0.3) is 0 Å². The monoisotopic (exact) mass is 363 g/mol. The van der Waals surface area contributed by atoms with Crippen molar-refractivity contribution in [3.63, 3.8) is 0 Å². The van der Waals surface area contributed by atoms with Crippen molar-refractivity contribution < 1.29 is 23.9 Å². The molecule has 0 radical (unpaired) electrons. The largest absolute Gasteiger partial charge is 0.445 e. The Kier molecular flexibility index (Phi) is 7.88. The second-order valence-corrected chi connectivity index (χ2v) is 6.23. The van der Waals surface area contributed by atoms with Crippen LogP contribution < -0.4 is 16.2 Å². The van der Waals surface area contributed by atoms with Gasteiger partial charge in [0, 0.05) is 19.1 Å². The minimum atomic E-state index is -0.450. The lowest BCUT2D eigenvalue weighted by molar-refractivity contribution is -0.133. The first-order chi connectivity index (χ1) is 12.6. The van der Waals surface area contributed by atoms with Crippen LogP contribution >= 0.6 is 0 Å². The Morgan fingerprint density at radius 3 is 2.38 bits per heavy atom. The zero-order valence-electron chi connectivity index (χ0n) is 14.8. The lowest BCUT2D eigenvalue weighted by Crippen LogP contribution is -2.47. The SMILES string of the molecule is COCC(=O)NNC(=O)C1CCC(NC(=O)OCc2ccccc2)CC1. The molecule has 0 aliphatic heterocycles. The molecule has 0 saturated heterocycles. The summed E-state index contributed by atoms with van der Waals surface area (Å²) < 4.78 is 9.87. The smallest absolute Gasteiger partial charge is 0.407 e. The normalized spacial score (nSPS) is 19.3. The van der Waals surface area contributed by atoms with Gasteiger partial charge in [-0.15, -0.1) is 0 Å². The van der Waals surface area contributed by atoms with Gasteiger partial charge in [-0.25, -0.2) is 4.79 Å². The average Bonchev–Trinajstić information content (AvgIpc) is 2.66. The van der Waals surface area contributed by atoms with E-state index in [9.17, 15) is 14.4 Å². The highest BCUT2D eigenvalue weighted by Gasteiger charge is 2.27. The van der Waals surface area contributed by atoms with Crippen molar-refractivity contribution in [1.29, 1.82) is 0 Å². The number of carbonyl (C=O) groups excluding carboxylic acids is 3. The number of amides is 3. The van der Waals surface area contributed by atoms with Gasteiger partial charge in [-0.05, 0) is 31.2 Å². The minimum Gasteiger partial charge on any atom is -0.445 e. The molecule has 0 aromatic heterocycles. The number of alkyl carbamates (subject to hydrolysis) is 1. The van der Waals surface area contributed by atoms with Gasteiger partial charge in [0.15, 0.2) is 0 Å². The number of hydrogen-bond donors (Lipinski definition) is 3. The van der Waals surface area contributed by atoms with Gasteiger partial charge in [-0.2, -0.15) is 0 Å². The van der Waals surface area contributed by atoms with E-state index in [0.29, 0.717) is 25.7 Å². The molecule has 1 aromatic carbocycles. The molecule has 26 heavy (non-hydrogen) atoms. The third-order valence-corrected chi connectivity index (χ3v) is 4.23. The summed E-state index contributed by atoms with van der Waals surface area (Å²) in [6, 6.07) is 9.46. The number of carbonyl (C=O) groups is 3. The second kappa shape index (κ2) is 10.4. The molecule has 1 aromatic rings. The highest BCUT2D eigenvalue weighted by atomic mass is 16.5. The molecule has 1 aliphatic rings. The van der Waals surface area contributed by atoms with E-state index in [0.717, 1.165) is 5.56 Å². The lowest BCUT2D eigenvalue weighted by Gasteiger charge is -2.28. The van der Waals surface area contributed by atoms with Crippen LogP contribution in [0.1, 0.15) is 31.2 Å². The van der Waals surface area contributed by atoms with E-state index in [-0.39, 0.29) is 31.1 Å². The second-order valence-electron chi connectivity index (χ2n) is 6.23. The fourth-order valence-corrected chi connectivity index (χ4v) is 2.83.